The highest BCUT2D eigenvalue weighted by Gasteiger charge is 2.10. The second-order valence-electron chi connectivity index (χ2n) is 4.59. The number of nitrogens with one attached hydrogen (secondary N) is 1. The molecule has 1 aromatic heterocycles. The van der Waals surface area contributed by atoms with E-state index in [1.165, 1.54) is 0 Å². The van der Waals surface area contributed by atoms with Crippen LogP contribution in [0.25, 0.3) is 0 Å². The number of ether oxygens (including phenoxy) is 1. The van der Waals surface area contributed by atoms with E-state index in [2.05, 4.69) is 34.0 Å². The summed E-state index contributed by atoms with van der Waals surface area (Å²) in [6.45, 7) is 9.70. The molecule has 0 spiro atoms. The Morgan fingerprint density at radius 2 is 2.00 bits per heavy atom. The molecule has 0 aromatic carbocycles. The van der Waals surface area contributed by atoms with Crippen molar-refractivity contribution in [3.05, 3.63) is 11.8 Å². The molecule has 0 radical (unpaired) electrons. The smallest absolute Gasteiger partial charge is 0.228 e. The van der Waals surface area contributed by atoms with Crippen molar-refractivity contribution in [2.75, 3.05) is 38.2 Å². The molecule has 1 rings (SSSR count). The fourth-order valence-electron chi connectivity index (χ4n) is 1.78. The Kier molecular flexibility index (Phi) is 7.18. The first kappa shape index (κ1) is 15.7. The fourth-order valence-corrected chi connectivity index (χ4v) is 1.78. The molecule has 5 heteroatoms. The number of rotatable bonds is 9. The predicted molar refractivity (Wildman–Crippen MR) is 79.0 cm³/mol. The first-order chi connectivity index (χ1) is 9.21. The minimum absolute atomic E-state index is 0.676. The van der Waals surface area contributed by atoms with E-state index < -0.39 is 0 Å². The molecule has 0 aliphatic carbocycles. The van der Waals surface area contributed by atoms with Gasteiger partial charge in [-0.2, -0.15) is 4.98 Å². The zero-order chi connectivity index (χ0) is 14.1. The van der Waals surface area contributed by atoms with E-state index in [-0.39, 0.29) is 0 Å². The topological polar surface area (TPSA) is 50.3 Å². The monoisotopic (exact) mass is 266 g/mol. The van der Waals surface area contributed by atoms with Crippen molar-refractivity contribution in [2.24, 2.45) is 0 Å². The highest BCUT2D eigenvalue weighted by molar-refractivity contribution is 5.34. The summed E-state index contributed by atoms with van der Waals surface area (Å²) in [5.41, 5.74) is 0.946. The van der Waals surface area contributed by atoms with Gasteiger partial charge in [0, 0.05) is 31.4 Å². The van der Waals surface area contributed by atoms with Crippen LogP contribution in [0.15, 0.2) is 6.07 Å². The lowest BCUT2D eigenvalue weighted by atomic mass is 10.4. The van der Waals surface area contributed by atoms with E-state index in [1.807, 2.05) is 20.0 Å². The normalized spacial score (nSPS) is 10.5. The van der Waals surface area contributed by atoms with Crippen LogP contribution in [-0.2, 0) is 0 Å². The number of aromatic nitrogens is 2. The van der Waals surface area contributed by atoms with Crippen molar-refractivity contribution in [3.63, 3.8) is 0 Å². The molecule has 0 aliphatic heterocycles. The largest absolute Gasteiger partial charge is 0.478 e. The lowest BCUT2D eigenvalue weighted by molar-refractivity contribution is 0.304. The fraction of sp³-hybridized carbons (Fsp3) is 0.714. The molecule has 0 bridgehead atoms. The molecule has 0 unspecified atom stereocenters. The van der Waals surface area contributed by atoms with Crippen LogP contribution >= 0.6 is 0 Å². The van der Waals surface area contributed by atoms with Crippen molar-refractivity contribution in [1.82, 2.24) is 15.3 Å². The highest BCUT2D eigenvalue weighted by Crippen LogP contribution is 2.15. The van der Waals surface area contributed by atoms with Gasteiger partial charge in [-0.25, -0.2) is 4.98 Å². The van der Waals surface area contributed by atoms with Gasteiger partial charge in [0.25, 0.3) is 0 Å². The summed E-state index contributed by atoms with van der Waals surface area (Å²) in [6.07, 6.45) is 2.06. The van der Waals surface area contributed by atoms with Gasteiger partial charge in [-0.1, -0.05) is 13.8 Å². The Bertz CT molecular complexity index is 370. The zero-order valence-electron chi connectivity index (χ0n) is 12.6. The number of hydrogen-bond acceptors (Lipinski definition) is 5. The summed E-state index contributed by atoms with van der Waals surface area (Å²) in [6, 6.07) is 1.89. The molecule has 0 saturated carbocycles. The molecule has 19 heavy (non-hydrogen) atoms. The molecular weight excluding hydrogens is 240 g/mol. The van der Waals surface area contributed by atoms with Gasteiger partial charge in [0.1, 0.15) is 0 Å². The standard InChI is InChI=1S/C14H26N4O/c1-5-8-18(9-7-15-4)14-16-12(3)11-13(17-14)19-10-6-2/h11,15H,5-10H2,1-4H3. The van der Waals surface area contributed by atoms with Crippen molar-refractivity contribution in [2.45, 2.75) is 33.6 Å². The van der Waals surface area contributed by atoms with Gasteiger partial charge < -0.3 is 15.0 Å². The minimum Gasteiger partial charge on any atom is -0.478 e. The number of aryl methyl sites for hydroxylation is 1. The third-order valence-electron chi connectivity index (χ3n) is 2.68. The van der Waals surface area contributed by atoms with Crippen LogP contribution in [-0.4, -0.2) is 43.3 Å². The van der Waals surface area contributed by atoms with Crippen LogP contribution in [0.1, 0.15) is 32.4 Å². The average molecular weight is 266 g/mol. The van der Waals surface area contributed by atoms with Crippen LogP contribution in [0.4, 0.5) is 5.95 Å². The number of hydrogen-bond donors (Lipinski definition) is 1. The van der Waals surface area contributed by atoms with Crippen LogP contribution < -0.4 is 15.0 Å². The van der Waals surface area contributed by atoms with Gasteiger partial charge >= 0.3 is 0 Å². The van der Waals surface area contributed by atoms with E-state index in [0.29, 0.717) is 12.5 Å². The molecule has 1 aromatic rings. The van der Waals surface area contributed by atoms with Crippen LogP contribution in [0.3, 0.4) is 0 Å². The summed E-state index contributed by atoms with van der Waals surface area (Å²) < 4.78 is 5.62. The van der Waals surface area contributed by atoms with E-state index in [4.69, 9.17) is 4.74 Å². The van der Waals surface area contributed by atoms with Crippen molar-refractivity contribution < 1.29 is 4.74 Å². The molecule has 0 fully saturated rings. The lowest BCUT2D eigenvalue weighted by Gasteiger charge is -2.22. The quantitative estimate of drug-likeness (QED) is 0.741. The van der Waals surface area contributed by atoms with Gasteiger partial charge in [-0.05, 0) is 26.8 Å². The molecule has 0 amide bonds. The van der Waals surface area contributed by atoms with Crippen LogP contribution in [0.5, 0.6) is 5.88 Å². The molecule has 1 heterocycles. The number of nitrogens with zero attached hydrogens (tertiary/aromatic N) is 3. The maximum Gasteiger partial charge on any atom is 0.228 e. The average Bonchev–Trinajstić information content (AvgIpc) is 2.40. The lowest BCUT2D eigenvalue weighted by Crippen LogP contribution is -2.33. The van der Waals surface area contributed by atoms with Gasteiger partial charge in [-0.3, -0.25) is 0 Å². The molecule has 1 N–H and O–H groups in total. The van der Waals surface area contributed by atoms with E-state index >= 15 is 0 Å². The van der Waals surface area contributed by atoms with E-state index in [9.17, 15) is 0 Å². The molecule has 0 atom stereocenters. The maximum absolute atomic E-state index is 5.62. The Morgan fingerprint density at radius 3 is 2.63 bits per heavy atom. The van der Waals surface area contributed by atoms with Gasteiger partial charge in [0.05, 0.1) is 6.61 Å². The Morgan fingerprint density at radius 1 is 1.21 bits per heavy atom. The van der Waals surface area contributed by atoms with E-state index in [1.54, 1.807) is 0 Å². The number of likely N-dealkylation sites (N-methyl/N-ethyl adjacent to an activating group) is 1. The summed E-state index contributed by atoms with van der Waals surface area (Å²) in [5, 5.41) is 3.16. The predicted octanol–water partition coefficient (Wildman–Crippen LogP) is 2.01. The Balaban J connectivity index is 2.84. The second-order valence-corrected chi connectivity index (χ2v) is 4.59. The second kappa shape index (κ2) is 8.69. The van der Waals surface area contributed by atoms with Gasteiger partial charge in [0.2, 0.25) is 11.8 Å². The zero-order valence-corrected chi connectivity index (χ0v) is 12.6. The molecule has 5 nitrogen and oxygen atoms in total. The van der Waals surface area contributed by atoms with Crippen molar-refractivity contribution >= 4 is 5.95 Å². The third kappa shape index (κ3) is 5.42. The van der Waals surface area contributed by atoms with Gasteiger partial charge in [-0.15, -0.1) is 0 Å². The van der Waals surface area contributed by atoms with Crippen LogP contribution in [0, 0.1) is 6.92 Å². The summed E-state index contributed by atoms with van der Waals surface area (Å²) >= 11 is 0. The Hall–Kier alpha value is -1.36. The highest BCUT2D eigenvalue weighted by atomic mass is 16.5. The summed E-state index contributed by atoms with van der Waals surface area (Å²) in [7, 11) is 1.96. The molecule has 0 aliphatic rings. The first-order valence-corrected chi connectivity index (χ1v) is 7.09. The minimum atomic E-state index is 0.676. The van der Waals surface area contributed by atoms with Crippen molar-refractivity contribution in [1.29, 1.82) is 0 Å². The van der Waals surface area contributed by atoms with Gasteiger partial charge in [0.15, 0.2) is 0 Å². The molecular formula is C14H26N4O. The Labute approximate surface area is 116 Å². The third-order valence-corrected chi connectivity index (χ3v) is 2.68. The SMILES string of the molecule is CCCOc1cc(C)nc(N(CCC)CCNC)n1. The first-order valence-electron chi connectivity index (χ1n) is 7.09. The molecule has 108 valence electrons. The molecule has 0 saturated heterocycles. The van der Waals surface area contributed by atoms with Crippen LogP contribution in [0.2, 0.25) is 0 Å². The van der Waals surface area contributed by atoms with E-state index in [0.717, 1.165) is 44.1 Å². The summed E-state index contributed by atoms with van der Waals surface area (Å²) in [5.74, 6) is 1.44. The number of anilines is 1. The summed E-state index contributed by atoms with van der Waals surface area (Å²) in [4.78, 5) is 11.2. The van der Waals surface area contributed by atoms with Crippen molar-refractivity contribution in [3.8, 4) is 5.88 Å². The maximum atomic E-state index is 5.62.